The maximum absolute atomic E-state index is 2.62. The zero-order chi connectivity index (χ0) is 29.7. The van der Waals surface area contributed by atoms with Crippen LogP contribution in [0, 0.1) is 0 Å². The van der Waals surface area contributed by atoms with Crippen LogP contribution in [0.1, 0.15) is 54.5 Å². The number of fused-ring (bicyclic) bond motifs is 2. The Balaban J connectivity index is 0.00000169. The van der Waals surface area contributed by atoms with Gasteiger partial charge in [-0.2, -0.15) is 0 Å². The van der Waals surface area contributed by atoms with Crippen LogP contribution in [0.25, 0.3) is 32.7 Å². The molecule has 0 nitrogen and oxygen atoms in total. The minimum atomic E-state index is -2.17. The van der Waals surface area contributed by atoms with Crippen LogP contribution in [0.5, 0.6) is 0 Å². The molecule has 0 N–H and O–H groups in total. The van der Waals surface area contributed by atoms with Gasteiger partial charge in [-0.25, -0.2) is 0 Å². The van der Waals surface area contributed by atoms with E-state index in [9.17, 15) is 0 Å². The van der Waals surface area contributed by atoms with Gasteiger partial charge in [-0.1, -0.05) is 0 Å². The molecule has 4 heteroatoms. The number of benzene rings is 6. The molecule has 9 rings (SSSR count). The topological polar surface area (TPSA) is 0 Å². The molecule has 6 aromatic carbocycles. The first-order valence-electron chi connectivity index (χ1n) is 15.9. The van der Waals surface area contributed by atoms with Gasteiger partial charge >= 0.3 is 274 Å². The van der Waals surface area contributed by atoms with Gasteiger partial charge in [0.15, 0.2) is 0 Å². The maximum Gasteiger partial charge on any atom is -1.00 e. The molecule has 6 aromatic rings. The fourth-order valence-corrected chi connectivity index (χ4v) is 16.6. The quantitative estimate of drug-likeness (QED) is 0.239. The molecular weight excluding hydrogens is 695 g/mol. The minimum Gasteiger partial charge on any atom is -1.00 e. The second-order valence-corrected chi connectivity index (χ2v) is 21.4. The van der Waals surface area contributed by atoms with Crippen molar-refractivity contribution in [3.05, 3.63) is 166 Å². The van der Waals surface area contributed by atoms with Gasteiger partial charge in [0, 0.05) is 0 Å². The minimum absolute atomic E-state index is 0. The van der Waals surface area contributed by atoms with Crippen molar-refractivity contribution in [3.8, 4) is 0 Å². The molecule has 0 fully saturated rings. The predicted molar refractivity (Wildman–Crippen MR) is 186 cm³/mol. The summed E-state index contributed by atoms with van der Waals surface area (Å²) in [5.41, 5.74) is 15.5. The summed E-state index contributed by atoms with van der Waals surface area (Å²) in [6.45, 7) is 10.2. The van der Waals surface area contributed by atoms with E-state index in [1.807, 2.05) is 0 Å². The summed E-state index contributed by atoms with van der Waals surface area (Å²) in [5.74, 6) is 0. The van der Waals surface area contributed by atoms with Crippen LogP contribution in [0.4, 0.5) is 0 Å². The van der Waals surface area contributed by atoms with Crippen molar-refractivity contribution >= 4 is 51.1 Å². The molecule has 1 aliphatic heterocycles. The molecule has 224 valence electrons. The molecular formula is C42H34Cl2SiZr. The monoisotopic (exact) mass is 726 g/mol. The van der Waals surface area contributed by atoms with Gasteiger partial charge in [-0.3, -0.25) is 0 Å². The summed E-state index contributed by atoms with van der Waals surface area (Å²) in [4.78, 5) is 0. The van der Waals surface area contributed by atoms with Crippen LogP contribution in [0.2, 0.25) is 13.1 Å². The summed E-state index contributed by atoms with van der Waals surface area (Å²) in [6, 6.07) is 46.6. The predicted octanol–water partition coefficient (Wildman–Crippen LogP) is 3.67. The third kappa shape index (κ3) is 4.34. The van der Waals surface area contributed by atoms with Crippen molar-refractivity contribution in [2.75, 3.05) is 0 Å². The van der Waals surface area contributed by atoms with E-state index in [2.05, 4.69) is 148 Å². The van der Waals surface area contributed by atoms with E-state index < -0.39 is 31.3 Å². The Hall–Kier alpha value is -3.00. The van der Waals surface area contributed by atoms with Gasteiger partial charge in [0.25, 0.3) is 0 Å². The van der Waals surface area contributed by atoms with Crippen molar-refractivity contribution in [1.29, 1.82) is 0 Å². The fourth-order valence-electron chi connectivity index (χ4n) is 8.69. The number of allylic oxidation sites excluding steroid dienone is 2. The average molecular weight is 729 g/mol. The summed E-state index contributed by atoms with van der Waals surface area (Å²) >= 11 is -1.04. The third-order valence-corrected chi connectivity index (χ3v) is 19.6. The largest absolute Gasteiger partial charge is 1.00 e. The van der Waals surface area contributed by atoms with Gasteiger partial charge in [0.2, 0.25) is 0 Å². The van der Waals surface area contributed by atoms with E-state index in [0.717, 1.165) is 0 Å². The Morgan fingerprint density at radius 1 is 0.478 bits per heavy atom. The normalized spacial score (nSPS) is 18.5. The molecule has 2 atom stereocenters. The first-order chi connectivity index (χ1) is 21.4. The molecule has 0 saturated heterocycles. The molecule has 2 unspecified atom stereocenters. The molecule has 0 aromatic heterocycles. The summed E-state index contributed by atoms with van der Waals surface area (Å²) in [6.07, 6.45) is 0. The van der Waals surface area contributed by atoms with Crippen molar-refractivity contribution in [2.45, 2.75) is 34.2 Å². The molecule has 46 heavy (non-hydrogen) atoms. The summed E-state index contributed by atoms with van der Waals surface area (Å²) in [7, 11) is -2.17. The first kappa shape index (κ1) is 31.6. The van der Waals surface area contributed by atoms with E-state index in [4.69, 9.17) is 0 Å². The van der Waals surface area contributed by atoms with Gasteiger partial charge in [0.1, 0.15) is 0 Å². The van der Waals surface area contributed by atoms with Gasteiger partial charge in [-0.15, -0.1) is 0 Å². The number of hydrogen-bond acceptors (Lipinski definition) is 0. The Morgan fingerprint density at radius 2 is 0.870 bits per heavy atom. The number of rotatable bonds is 2. The smallest absolute Gasteiger partial charge is 1.00 e. The van der Waals surface area contributed by atoms with Crippen LogP contribution < -0.4 is 35.2 Å². The average Bonchev–Trinajstić information content (AvgIpc) is 3.49. The molecule has 2 aliphatic carbocycles. The van der Waals surface area contributed by atoms with Crippen molar-refractivity contribution in [2.24, 2.45) is 0 Å². The van der Waals surface area contributed by atoms with Crippen LogP contribution >= 0.6 is 0 Å². The number of halogens is 2. The first-order valence-corrected chi connectivity index (χ1v) is 21.7. The Morgan fingerprint density at radius 3 is 1.33 bits per heavy atom. The van der Waals surface area contributed by atoms with Gasteiger partial charge < -0.3 is 24.8 Å². The molecule has 0 amide bonds. The molecule has 1 heterocycles. The van der Waals surface area contributed by atoms with Crippen LogP contribution in [0.3, 0.4) is 0 Å². The number of hydrogen-bond donors (Lipinski definition) is 0. The second-order valence-electron chi connectivity index (χ2n) is 13.4. The Kier molecular flexibility index (Phi) is 7.97. The Labute approximate surface area is 297 Å². The van der Waals surface area contributed by atoms with Crippen molar-refractivity contribution < 1.29 is 48.0 Å². The summed E-state index contributed by atoms with van der Waals surface area (Å²) < 4.78 is 1.13. The summed E-state index contributed by atoms with van der Waals surface area (Å²) in [5, 5.41) is 8.63. The molecule has 8 bridgehead atoms. The van der Waals surface area contributed by atoms with E-state index in [1.54, 1.807) is 43.8 Å². The van der Waals surface area contributed by atoms with Gasteiger partial charge in [0.05, 0.1) is 0 Å². The molecule has 0 spiro atoms. The standard InChI is InChI=1S/C42H34Si.2ClH.Zr/c1-27-25-31-17-11-23-37(41(31)39(27)35-21-9-15-29-13-5-7-19-33(29)35)43(3,4)38-24-12-18-32-26-28(2)40(42(32)38)36-22-10-16-30-14-6-8-20-34(30)36;;;/h5-26H,1-4H3;2*1H;/q;;;+2/p-2. The van der Waals surface area contributed by atoms with Crippen molar-refractivity contribution in [3.63, 3.8) is 0 Å². The van der Waals surface area contributed by atoms with Crippen LogP contribution in [-0.4, -0.2) is 8.07 Å². The van der Waals surface area contributed by atoms with Crippen LogP contribution in [0.15, 0.2) is 132 Å². The molecule has 0 radical (unpaired) electrons. The third-order valence-electron chi connectivity index (χ3n) is 10.8. The van der Waals surface area contributed by atoms with Crippen molar-refractivity contribution in [1.82, 2.24) is 0 Å². The van der Waals surface area contributed by atoms with E-state index in [-0.39, 0.29) is 24.8 Å². The maximum atomic E-state index is 2.62. The molecule has 0 saturated carbocycles. The second kappa shape index (κ2) is 11.6. The van der Waals surface area contributed by atoms with E-state index in [1.165, 1.54) is 43.8 Å². The van der Waals surface area contributed by atoms with E-state index >= 15 is 0 Å². The SMILES string of the molecule is CC1=C(c2cccc3ccccc23)c2c3cccc2[Si](C)(C)c2cccc4c2C(c2cccc5ccccc25)=C(C)[CH]4[Zr+2][CH]13.[Cl-].[Cl-]. The van der Waals surface area contributed by atoms with Gasteiger partial charge in [-0.05, 0) is 0 Å². The molecule has 3 aliphatic rings. The zero-order valence-electron chi connectivity index (χ0n) is 26.5. The fraction of sp³-hybridized carbons (Fsp3) is 0.143. The van der Waals surface area contributed by atoms with Crippen LogP contribution in [-0.2, 0) is 23.2 Å². The Bertz CT molecular complexity index is 2110. The zero-order valence-corrected chi connectivity index (χ0v) is 31.4. The van der Waals surface area contributed by atoms with E-state index in [0.29, 0.717) is 7.25 Å².